The van der Waals surface area contributed by atoms with E-state index < -0.39 is 0 Å². The van der Waals surface area contributed by atoms with Crippen molar-refractivity contribution in [2.45, 2.75) is 32.8 Å². The predicted molar refractivity (Wildman–Crippen MR) is 91.5 cm³/mol. The van der Waals surface area contributed by atoms with Crippen molar-refractivity contribution in [2.24, 2.45) is 0 Å². The molecule has 4 rings (SSSR count). The first kappa shape index (κ1) is 15.3. The monoisotopic (exact) mass is 343 g/mol. The summed E-state index contributed by atoms with van der Waals surface area (Å²) < 4.78 is 12.0. The molecule has 1 amide bonds. The van der Waals surface area contributed by atoms with Crippen LogP contribution < -0.4 is 5.32 Å². The Labute approximate surface area is 142 Å². The molecule has 2 aromatic heterocycles. The van der Waals surface area contributed by atoms with E-state index >= 15 is 0 Å². The SMILES string of the molecule is Cc1cc(C)c2nc(NC(=O)c3ncoc3[C@@H]3CCCO3)sc2c1. The Morgan fingerprint density at radius 1 is 1.38 bits per heavy atom. The van der Waals surface area contributed by atoms with Crippen LogP contribution in [0.15, 0.2) is 22.9 Å². The molecular formula is C17H17N3O3S. The van der Waals surface area contributed by atoms with Gasteiger partial charge in [0.15, 0.2) is 23.0 Å². The average Bonchev–Trinajstić information content (AvgIpc) is 3.26. The van der Waals surface area contributed by atoms with E-state index in [9.17, 15) is 4.79 Å². The van der Waals surface area contributed by atoms with Gasteiger partial charge in [-0.25, -0.2) is 9.97 Å². The van der Waals surface area contributed by atoms with Crippen LogP contribution in [0.5, 0.6) is 0 Å². The second kappa shape index (κ2) is 5.99. The number of fused-ring (bicyclic) bond motifs is 1. The average molecular weight is 343 g/mol. The molecule has 0 unspecified atom stereocenters. The quantitative estimate of drug-likeness (QED) is 0.777. The van der Waals surface area contributed by atoms with E-state index in [0.29, 0.717) is 17.5 Å². The first-order chi connectivity index (χ1) is 11.6. The van der Waals surface area contributed by atoms with Crippen LogP contribution in [0.3, 0.4) is 0 Å². The number of amides is 1. The van der Waals surface area contributed by atoms with Gasteiger partial charge in [-0.2, -0.15) is 0 Å². The van der Waals surface area contributed by atoms with E-state index in [2.05, 4.69) is 27.4 Å². The van der Waals surface area contributed by atoms with Crippen molar-refractivity contribution in [3.05, 3.63) is 41.1 Å². The van der Waals surface area contributed by atoms with E-state index in [4.69, 9.17) is 9.15 Å². The molecule has 24 heavy (non-hydrogen) atoms. The number of hydrogen-bond acceptors (Lipinski definition) is 6. The summed E-state index contributed by atoms with van der Waals surface area (Å²) in [6.45, 7) is 4.75. The van der Waals surface area contributed by atoms with E-state index in [1.165, 1.54) is 23.3 Å². The standard InChI is InChI=1S/C17H17N3O3S/c1-9-6-10(2)13-12(7-9)24-17(19-13)20-16(21)14-15(23-8-18-14)11-4-3-5-22-11/h6-8,11H,3-5H2,1-2H3,(H,19,20,21)/t11-/m0/s1. The number of aryl methyl sites for hydroxylation is 2. The topological polar surface area (TPSA) is 77.3 Å². The van der Waals surface area contributed by atoms with E-state index in [1.807, 2.05) is 13.8 Å². The van der Waals surface area contributed by atoms with Gasteiger partial charge in [0, 0.05) is 6.61 Å². The minimum absolute atomic E-state index is 0.187. The number of carbonyl (C=O) groups excluding carboxylic acids is 1. The highest BCUT2D eigenvalue weighted by atomic mass is 32.1. The molecule has 1 N–H and O–H groups in total. The number of carbonyl (C=O) groups is 1. The van der Waals surface area contributed by atoms with Crippen molar-refractivity contribution in [2.75, 3.05) is 11.9 Å². The molecule has 3 heterocycles. The summed E-state index contributed by atoms with van der Waals surface area (Å²) in [5.74, 6) is 0.181. The van der Waals surface area contributed by atoms with Gasteiger partial charge in [-0.05, 0) is 43.9 Å². The molecule has 0 spiro atoms. The normalized spacial score (nSPS) is 17.5. The van der Waals surface area contributed by atoms with Gasteiger partial charge in [0.05, 0.1) is 10.2 Å². The molecule has 0 radical (unpaired) electrons. The second-order valence-electron chi connectivity index (χ2n) is 5.97. The Balaban J connectivity index is 1.61. The number of oxazole rings is 1. The number of hydrogen-bond donors (Lipinski definition) is 1. The molecule has 1 aliphatic heterocycles. The van der Waals surface area contributed by atoms with Gasteiger partial charge >= 0.3 is 0 Å². The van der Waals surface area contributed by atoms with Crippen LogP contribution in [-0.4, -0.2) is 22.5 Å². The zero-order chi connectivity index (χ0) is 16.7. The summed E-state index contributed by atoms with van der Waals surface area (Å²) in [5, 5.41) is 3.39. The molecule has 1 aromatic carbocycles. The number of nitrogens with one attached hydrogen (secondary N) is 1. The predicted octanol–water partition coefficient (Wildman–Crippen LogP) is 4.00. The number of thiazole rings is 1. The lowest BCUT2D eigenvalue weighted by Crippen LogP contribution is -2.15. The molecule has 124 valence electrons. The van der Waals surface area contributed by atoms with Crippen LogP contribution in [0.25, 0.3) is 10.2 Å². The Kier molecular flexibility index (Phi) is 3.82. The highest BCUT2D eigenvalue weighted by Gasteiger charge is 2.28. The summed E-state index contributed by atoms with van der Waals surface area (Å²) >= 11 is 1.46. The van der Waals surface area contributed by atoms with Gasteiger partial charge in [0.1, 0.15) is 6.10 Å². The zero-order valence-corrected chi connectivity index (χ0v) is 14.3. The molecule has 0 bridgehead atoms. The lowest BCUT2D eigenvalue weighted by molar-refractivity contribution is 0.0889. The number of rotatable bonds is 3. The molecule has 0 saturated carbocycles. The zero-order valence-electron chi connectivity index (χ0n) is 13.5. The van der Waals surface area contributed by atoms with Crippen molar-refractivity contribution in [3.63, 3.8) is 0 Å². The van der Waals surface area contributed by atoms with Gasteiger partial charge in [-0.15, -0.1) is 0 Å². The fourth-order valence-electron chi connectivity index (χ4n) is 3.02. The first-order valence-corrected chi connectivity index (χ1v) is 8.67. The van der Waals surface area contributed by atoms with Crippen LogP contribution in [0.4, 0.5) is 5.13 Å². The molecule has 6 nitrogen and oxygen atoms in total. The van der Waals surface area contributed by atoms with Gasteiger partial charge in [-0.1, -0.05) is 17.4 Å². The summed E-state index contributed by atoms with van der Waals surface area (Å²) in [6.07, 6.45) is 2.91. The first-order valence-electron chi connectivity index (χ1n) is 7.86. The van der Waals surface area contributed by atoms with Crippen LogP contribution >= 0.6 is 11.3 Å². The van der Waals surface area contributed by atoms with Crippen molar-refractivity contribution in [1.29, 1.82) is 0 Å². The highest BCUT2D eigenvalue weighted by Crippen LogP contribution is 2.32. The minimum atomic E-state index is -0.317. The van der Waals surface area contributed by atoms with E-state index in [-0.39, 0.29) is 17.7 Å². The number of nitrogens with zero attached hydrogens (tertiary/aromatic N) is 2. The van der Waals surface area contributed by atoms with Crippen molar-refractivity contribution in [1.82, 2.24) is 9.97 Å². The fourth-order valence-corrected chi connectivity index (χ4v) is 4.06. The maximum atomic E-state index is 12.6. The van der Waals surface area contributed by atoms with Crippen LogP contribution in [0, 0.1) is 13.8 Å². The number of aromatic nitrogens is 2. The summed E-state index contributed by atoms with van der Waals surface area (Å²) in [6, 6.07) is 4.16. The van der Waals surface area contributed by atoms with Gasteiger partial charge in [-0.3, -0.25) is 10.1 Å². The van der Waals surface area contributed by atoms with Crippen molar-refractivity contribution >= 4 is 32.6 Å². The highest BCUT2D eigenvalue weighted by molar-refractivity contribution is 7.22. The Morgan fingerprint density at radius 3 is 3.04 bits per heavy atom. The molecule has 1 atom stereocenters. The van der Waals surface area contributed by atoms with Crippen molar-refractivity contribution < 1.29 is 13.9 Å². The maximum Gasteiger partial charge on any atom is 0.279 e. The molecule has 7 heteroatoms. The number of benzene rings is 1. The van der Waals surface area contributed by atoms with Crippen LogP contribution in [-0.2, 0) is 4.74 Å². The summed E-state index contributed by atoms with van der Waals surface area (Å²) in [4.78, 5) is 21.1. The third kappa shape index (κ3) is 2.70. The number of ether oxygens (including phenoxy) is 1. The fraction of sp³-hybridized carbons (Fsp3) is 0.353. The largest absolute Gasteiger partial charge is 0.445 e. The Morgan fingerprint density at radius 2 is 2.25 bits per heavy atom. The van der Waals surface area contributed by atoms with E-state index in [0.717, 1.165) is 28.6 Å². The van der Waals surface area contributed by atoms with Crippen LogP contribution in [0.1, 0.15) is 46.3 Å². The molecule has 1 saturated heterocycles. The Hall–Kier alpha value is -2.25. The minimum Gasteiger partial charge on any atom is -0.445 e. The summed E-state index contributed by atoms with van der Waals surface area (Å²) in [5.41, 5.74) is 3.47. The van der Waals surface area contributed by atoms with Crippen molar-refractivity contribution in [3.8, 4) is 0 Å². The summed E-state index contributed by atoms with van der Waals surface area (Å²) in [7, 11) is 0. The molecule has 3 aromatic rings. The molecule has 0 aliphatic carbocycles. The lowest BCUT2D eigenvalue weighted by Gasteiger charge is -2.07. The second-order valence-corrected chi connectivity index (χ2v) is 7.00. The smallest absolute Gasteiger partial charge is 0.279 e. The van der Waals surface area contributed by atoms with Gasteiger partial charge < -0.3 is 9.15 Å². The lowest BCUT2D eigenvalue weighted by atomic mass is 10.1. The number of anilines is 1. The molecular weight excluding hydrogens is 326 g/mol. The van der Waals surface area contributed by atoms with Gasteiger partial charge in [0.2, 0.25) is 0 Å². The Bertz CT molecular complexity index is 909. The molecule has 1 aliphatic rings. The third-order valence-corrected chi connectivity index (χ3v) is 5.00. The van der Waals surface area contributed by atoms with Gasteiger partial charge in [0.25, 0.3) is 5.91 Å². The van der Waals surface area contributed by atoms with Crippen LogP contribution in [0.2, 0.25) is 0 Å². The van der Waals surface area contributed by atoms with E-state index in [1.54, 1.807) is 0 Å². The third-order valence-electron chi connectivity index (χ3n) is 4.08. The molecule has 1 fully saturated rings. The maximum absolute atomic E-state index is 12.6.